The Labute approximate surface area is 112 Å². The number of nitrogens with zero attached hydrogens (tertiary/aromatic N) is 1. The van der Waals surface area contributed by atoms with Gasteiger partial charge in [-0.05, 0) is 30.3 Å². The molecule has 0 bridgehead atoms. The predicted molar refractivity (Wildman–Crippen MR) is 71.3 cm³/mol. The van der Waals surface area contributed by atoms with E-state index < -0.39 is 0 Å². The van der Waals surface area contributed by atoms with Crippen LogP contribution in [0.5, 0.6) is 0 Å². The Hall–Kier alpha value is -1.39. The van der Waals surface area contributed by atoms with Gasteiger partial charge in [0.15, 0.2) is 0 Å². The van der Waals surface area contributed by atoms with E-state index >= 15 is 0 Å². The molecular weight excluding hydrogens is 304 g/mol. The van der Waals surface area contributed by atoms with Crippen molar-refractivity contribution < 1.29 is 4.79 Å². The molecule has 5 heteroatoms. The molecule has 0 radical (unpaired) electrons. The van der Waals surface area contributed by atoms with E-state index in [2.05, 4.69) is 26.2 Å². The quantitative estimate of drug-likeness (QED) is 0.918. The Morgan fingerprint density at radius 3 is 2.88 bits per heavy atom. The first-order valence-electron chi connectivity index (χ1n) is 4.83. The number of anilines is 1. The molecule has 3 nitrogen and oxygen atoms in total. The molecule has 0 saturated carbocycles. The Morgan fingerprint density at radius 1 is 1.35 bits per heavy atom. The fourth-order valence-electron chi connectivity index (χ4n) is 1.31. The largest absolute Gasteiger partial charge is 0.321 e. The number of benzene rings is 1. The van der Waals surface area contributed by atoms with Gasteiger partial charge in [0.1, 0.15) is 0 Å². The summed E-state index contributed by atoms with van der Waals surface area (Å²) in [5, 5.41) is 3.13. The van der Waals surface area contributed by atoms with Crippen LogP contribution in [-0.4, -0.2) is 10.9 Å². The monoisotopic (exact) mass is 310 g/mol. The third kappa shape index (κ3) is 3.05. The highest BCUT2D eigenvalue weighted by atomic mass is 79.9. The molecule has 0 aliphatic rings. The SMILES string of the molecule is O=C(Nc1cccnc1)c1cc(Br)ccc1Cl. The molecule has 2 aromatic rings. The smallest absolute Gasteiger partial charge is 0.257 e. The fourth-order valence-corrected chi connectivity index (χ4v) is 1.87. The van der Waals surface area contributed by atoms with Gasteiger partial charge in [0.2, 0.25) is 0 Å². The van der Waals surface area contributed by atoms with Crippen molar-refractivity contribution in [1.29, 1.82) is 0 Å². The second kappa shape index (κ2) is 5.29. The number of amides is 1. The van der Waals surface area contributed by atoms with Gasteiger partial charge in [0.05, 0.1) is 22.5 Å². The van der Waals surface area contributed by atoms with Crippen LogP contribution in [-0.2, 0) is 0 Å². The second-order valence-electron chi connectivity index (χ2n) is 3.32. The van der Waals surface area contributed by atoms with Crippen molar-refractivity contribution in [2.45, 2.75) is 0 Å². The van der Waals surface area contributed by atoms with Gasteiger partial charge in [0.25, 0.3) is 5.91 Å². The maximum atomic E-state index is 11.9. The van der Waals surface area contributed by atoms with Crippen LogP contribution >= 0.6 is 27.5 Å². The van der Waals surface area contributed by atoms with Gasteiger partial charge >= 0.3 is 0 Å². The molecule has 1 heterocycles. The Balaban J connectivity index is 2.23. The maximum Gasteiger partial charge on any atom is 0.257 e. The number of aromatic nitrogens is 1. The number of nitrogens with one attached hydrogen (secondary N) is 1. The van der Waals surface area contributed by atoms with Crippen molar-refractivity contribution in [3.63, 3.8) is 0 Å². The Morgan fingerprint density at radius 2 is 2.18 bits per heavy atom. The second-order valence-corrected chi connectivity index (χ2v) is 4.64. The van der Waals surface area contributed by atoms with Crippen LogP contribution in [0.1, 0.15) is 10.4 Å². The molecule has 0 spiro atoms. The molecule has 0 aliphatic heterocycles. The van der Waals surface area contributed by atoms with Crippen LogP contribution < -0.4 is 5.32 Å². The molecule has 1 amide bonds. The van der Waals surface area contributed by atoms with E-state index in [1.54, 1.807) is 42.7 Å². The Bertz CT molecular complexity index is 545. The molecule has 0 aliphatic carbocycles. The third-order valence-electron chi connectivity index (χ3n) is 2.09. The molecule has 0 saturated heterocycles. The van der Waals surface area contributed by atoms with Crippen molar-refractivity contribution in [3.05, 3.63) is 57.8 Å². The molecule has 86 valence electrons. The highest BCUT2D eigenvalue weighted by molar-refractivity contribution is 9.10. The molecule has 0 unspecified atom stereocenters. The summed E-state index contributed by atoms with van der Waals surface area (Å²) in [4.78, 5) is 15.9. The van der Waals surface area contributed by atoms with E-state index in [1.807, 2.05) is 0 Å². The van der Waals surface area contributed by atoms with Crippen LogP contribution in [0.3, 0.4) is 0 Å². The van der Waals surface area contributed by atoms with Crippen LogP contribution in [0.2, 0.25) is 5.02 Å². The zero-order valence-electron chi connectivity index (χ0n) is 8.65. The summed E-state index contributed by atoms with van der Waals surface area (Å²) in [6.45, 7) is 0. The van der Waals surface area contributed by atoms with E-state index in [-0.39, 0.29) is 5.91 Å². The fraction of sp³-hybridized carbons (Fsp3) is 0. The first-order chi connectivity index (χ1) is 8.16. The minimum absolute atomic E-state index is 0.260. The standard InChI is InChI=1S/C12H8BrClN2O/c13-8-3-4-11(14)10(6-8)12(17)16-9-2-1-5-15-7-9/h1-7H,(H,16,17). The molecule has 2 rings (SSSR count). The molecule has 1 aromatic carbocycles. The van der Waals surface area contributed by atoms with Crippen LogP contribution in [0.15, 0.2) is 47.2 Å². The van der Waals surface area contributed by atoms with Crippen LogP contribution in [0.25, 0.3) is 0 Å². The minimum atomic E-state index is -0.260. The number of carbonyl (C=O) groups is 1. The van der Waals surface area contributed by atoms with Crippen molar-refractivity contribution in [1.82, 2.24) is 4.98 Å². The number of pyridine rings is 1. The zero-order chi connectivity index (χ0) is 12.3. The first kappa shape index (κ1) is 12.1. The molecule has 17 heavy (non-hydrogen) atoms. The number of hydrogen-bond donors (Lipinski definition) is 1. The normalized spacial score (nSPS) is 10.0. The first-order valence-corrected chi connectivity index (χ1v) is 6.00. The van der Waals surface area contributed by atoms with E-state index in [0.717, 1.165) is 4.47 Å². The number of rotatable bonds is 2. The average molecular weight is 312 g/mol. The molecule has 1 N–H and O–H groups in total. The van der Waals surface area contributed by atoms with Gasteiger partial charge in [-0.3, -0.25) is 9.78 Å². The molecule has 0 atom stereocenters. The summed E-state index contributed by atoms with van der Waals surface area (Å²) in [5.74, 6) is -0.260. The lowest BCUT2D eigenvalue weighted by atomic mass is 10.2. The summed E-state index contributed by atoms with van der Waals surface area (Å²) in [7, 11) is 0. The minimum Gasteiger partial charge on any atom is -0.321 e. The lowest BCUT2D eigenvalue weighted by molar-refractivity contribution is 0.102. The van der Waals surface area contributed by atoms with Crippen molar-refractivity contribution in [3.8, 4) is 0 Å². The van der Waals surface area contributed by atoms with Crippen molar-refractivity contribution >= 4 is 39.1 Å². The molecule has 1 aromatic heterocycles. The maximum absolute atomic E-state index is 11.9. The van der Waals surface area contributed by atoms with E-state index in [9.17, 15) is 4.79 Å². The molecular formula is C12H8BrClN2O. The summed E-state index contributed by atoms with van der Waals surface area (Å²) >= 11 is 9.26. The van der Waals surface area contributed by atoms with Crippen LogP contribution in [0.4, 0.5) is 5.69 Å². The van der Waals surface area contributed by atoms with Gasteiger partial charge in [-0.2, -0.15) is 0 Å². The lowest BCUT2D eigenvalue weighted by Gasteiger charge is -2.06. The molecule has 0 fully saturated rings. The zero-order valence-corrected chi connectivity index (χ0v) is 11.0. The number of carbonyl (C=O) groups excluding carboxylic acids is 1. The van der Waals surface area contributed by atoms with Gasteiger partial charge in [-0.25, -0.2) is 0 Å². The highest BCUT2D eigenvalue weighted by Gasteiger charge is 2.10. The number of hydrogen-bond acceptors (Lipinski definition) is 2. The topological polar surface area (TPSA) is 42.0 Å². The number of halogens is 2. The average Bonchev–Trinajstić information content (AvgIpc) is 2.33. The van der Waals surface area contributed by atoms with Crippen LogP contribution in [0, 0.1) is 0 Å². The van der Waals surface area contributed by atoms with Crippen molar-refractivity contribution in [2.75, 3.05) is 5.32 Å². The van der Waals surface area contributed by atoms with Gasteiger partial charge in [-0.15, -0.1) is 0 Å². The van der Waals surface area contributed by atoms with Gasteiger partial charge in [0, 0.05) is 10.7 Å². The van der Waals surface area contributed by atoms with Crippen molar-refractivity contribution in [2.24, 2.45) is 0 Å². The summed E-state index contributed by atoms with van der Waals surface area (Å²) in [6, 6.07) is 8.63. The van der Waals surface area contributed by atoms with Gasteiger partial charge < -0.3 is 5.32 Å². The highest BCUT2D eigenvalue weighted by Crippen LogP contribution is 2.21. The summed E-state index contributed by atoms with van der Waals surface area (Å²) in [6.07, 6.45) is 3.21. The third-order valence-corrected chi connectivity index (χ3v) is 2.92. The van der Waals surface area contributed by atoms with Gasteiger partial charge in [-0.1, -0.05) is 27.5 Å². The van der Waals surface area contributed by atoms with E-state index in [1.165, 1.54) is 0 Å². The summed E-state index contributed by atoms with van der Waals surface area (Å²) in [5.41, 5.74) is 1.05. The summed E-state index contributed by atoms with van der Waals surface area (Å²) < 4.78 is 0.804. The Kier molecular flexibility index (Phi) is 3.76. The van der Waals surface area contributed by atoms with E-state index in [4.69, 9.17) is 11.6 Å². The lowest BCUT2D eigenvalue weighted by Crippen LogP contribution is -2.12. The predicted octanol–water partition coefficient (Wildman–Crippen LogP) is 3.75. The van der Waals surface area contributed by atoms with E-state index in [0.29, 0.717) is 16.3 Å².